The maximum Gasteiger partial charge on any atom is 0.306 e. The molecule has 4 aromatic heterocycles. The predicted octanol–water partition coefficient (Wildman–Crippen LogP) is 11.7. The third-order valence-corrected chi connectivity index (χ3v) is 14.2. The Hall–Kier alpha value is -8.59. The van der Waals surface area contributed by atoms with Gasteiger partial charge in [0.2, 0.25) is 23.0 Å². The Labute approximate surface area is 373 Å². The van der Waals surface area contributed by atoms with Crippen LogP contribution >= 0.6 is 7.29 Å². The van der Waals surface area contributed by atoms with Crippen LogP contribution in [-0.2, 0) is 4.57 Å². The Kier molecular flexibility index (Phi) is 9.17. The lowest BCUT2D eigenvalue weighted by Gasteiger charge is -2.32. The first-order valence-corrected chi connectivity index (χ1v) is 22.9. The lowest BCUT2D eigenvalue weighted by atomic mass is 10.2. The Bertz CT molecular complexity index is 3420. The number of anilines is 2. The van der Waals surface area contributed by atoms with Gasteiger partial charge in [0.1, 0.15) is 0 Å². The SMILES string of the molecule is O=P(c1nc(-c2ccccc2)nc(-n2c3ccccc3c3ccccc32)n1)(c1nc(-c2ccccc2)nc(-n2c3ccccc3c3ccccc32)n1)N(c1ccccc1)c1ccccc1. The smallest absolute Gasteiger partial charge is 0.283 e. The van der Waals surface area contributed by atoms with Gasteiger partial charge in [0, 0.05) is 44.0 Å². The summed E-state index contributed by atoms with van der Waals surface area (Å²) in [6.45, 7) is 0. The summed E-state index contributed by atoms with van der Waals surface area (Å²) in [7, 11) is -4.49. The molecule has 0 N–H and O–H groups in total. The predicted molar refractivity (Wildman–Crippen MR) is 261 cm³/mol. The van der Waals surface area contributed by atoms with E-state index >= 15 is 4.57 Å². The van der Waals surface area contributed by atoms with Crippen LogP contribution in [0, 0.1) is 0 Å². The average Bonchev–Trinajstić information content (AvgIpc) is 3.90. The maximum absolute atomic E-state index is 17.8. The number of fused-ring (bicyclic) bond motifs is 6. The highest BCUT2D eigenvalue weighted by Gasteiger charge is 2.44. The highest BCUT2D eigenvalue weighted by atomic mass is 31.2. The zero-order valence-electron chi connectivity index (χ0n) is 34.7. The van der Waals surface area contributed by atoms with E-state index in [2.05, 4.69) is 48.5 Å². The monoisotopic (exact) mass is 857 g/mol. The van der Waals surface area contributed by atoms with Crippen LogP contribution in [-0.4, -0.2) is 39.0 Å². The van der Waals surface area contributed by atoms with E-state index in [0.717, 1.165) is 54.7 Å². The number of para-hydroxylation sites is 6. The van der Waals surface area contributed by atoms with E-state index in [1.807, 2.05) is 179 Å². The molecule has 0 saturated carbocycles. The first-order chi connectivity index (χ1) is 32.1. The van der Waals surface area contributed by atoms with E-state index in [1.165, 1.54) is 0 Å². The molecule has 0 fully saturated rings. The second-order valence-corrected chi connectivity index (χ2v) is 17.9. The molecule has 0 atom stereocenters. The average molecular weight is 858 g/mol. The fraction of sp³-hybridized carbons (Fsp3) is 0. The van der Waals surface area contributed by atoms with Crippen molar-refractivity contribution in [1.29, 1.82) is 0 Å². The maximum atomic E-state index is 17.8. The highest BCUT2D eigenvalue weighted by Crippen LogP contribution is 2.53. The van der Waals surface area contributed by atoms with Gasteiger partial charge in [0.25, 0.3) is 0 Å². The molecule has 0 saturated heterocycles. The number of nitrogens with zero attached hydrogens (tertiary/aromatic N) is 9. The van der Waals surface area contributed by atoms with Crippen LogP contribution in [0.3, 0.4) is 0 Å². The molecule has 11 heteroatoms. The Morgan fingerprint density at radius 3 is 0.954 bits per heavy atom. The van der Waals surface area contributed by atoms with Crippen LogP contribution < -0.4 is 15.8 Å². The second-order valence-electron chi connectivity index (χ2n) is 15.5. The number of benzene rings is 8. The molecule has 0 aliphatic heterocycles. The van der Waals surface area contributed by atoms with Gasteiger partial charge in [-0.2, -0.15) is 19.9 Å². The molecule has 0 spiro atoms. The van der Waals surface area contributed by atoms with Crippen molar-refractivity contribution in [3.63, 3.8) is 0 Å². The van der Waals surface area contributed by atoms with Gasteiger partial charge in [-0.15, -0.1) is 0 Å². The Balaban J connectivity index is 1.23. The summed E-state index contributed by atoms with van der Waals surface area (Å²) in [5.74, 6) is 1.28. The van der Waals surface area contributed by atoms with E-state index < -0.39 is 7.29 Å². The fourth-order valence-corrected chi connectivity index (χ4v) is 11.1. The fourth-order valence-electron chi connectivity index (χ4n) is 8.77. The van der Waals surface area contributed by atoms with Crippen LogP contribution in [0.1, 0.15) is 0 Å². The summed E-state index contributed by atoms with van der Waals surface area (Å²) in [5.41, 5.74) is 6.26. The summed E-state index contributed by atoms with van der Waals surface area (Å²) in [6.07, 6.45) is 0. The van der Waals surface area contributed by atoms with Crippen LogP contribution in [0.4, 0.5) is 11.4 Å². The minimum absolute atomic E-state index is 0.00527. The molecule has 0 amide bonds. The summed E-state index contributed by atoms with van der Waals surface area (Å²) in [5, 5.41) is 4.13. The van der Waals surface area contributed by atoms with Gasteiger partial charge in [-0.05, 0) is 48.5 Å². The lowest BCUT2D eigenvalue weighted by Crippen LogP contribution is -2.37. The molecule has 10 nitrogen and oxygen atoms in total. The lowest BCUT2D eigenvalue weighted by molar-refractivity contribution is 0.584. The molecule has 12 aromatic rings. The van der Waals surface area contributed by atoms with Crippen molar-refractivity contribution in [3.8, 4) is 34.7 Å². The molecular formula is C54H36N9OP. The summed E-state index contributed by atoms with van der Waals surface area (Å²) in [4.78, 5) is 31.6. The van der Waals surface area contributed by atoms with Gasteiger partial charge in [-0.3, -0.25) is 18.4 Å². The molecule has 8 aromatic carbocycles. The molecule has 4 heterocycles. The van der Waals surface area contributed by atoms with E-state index in [1.54, 1.807) is 4.67 Å². The van der Waals surface area contributed by atoms with Gasteiger partial charge < -0.3 is 0 Å². The Morgan fingerprint density at radius 2 is 0.615 bits per heavy atom. The molecule has 0 aliphatic carbocycles. The number of hydrogen-bond donors (Lipinski definition) is 0. The van der Waals surface area contributed by atoms with Gasteiger partial charge in [0.15, 0.2) is 11.6 Å². The van der Waals surface area contributed by atoms with Crippen molar-refractivity contribution in [1.82, 2.24) is 39.0 Å². The van der Waals surface area contributed by atoms with Crippen LogP contribution in [0.2, 0.25) is 0 Å². The summed E-state index contributed by atoms with van der Waals surface area (Å²) >= 11 is 0. The van der Waals surface area contributed by atoms with Crippen molar-refractivity contribution in [2.24, 2.45) is 0 Å². The van der Waals surface area contributed by atoms with Crippen molar-refractivity contribution >= 4 is 73.4 Å². The zero-order valence-corrected chi connectivity index (χ0v) is 35.6. The van der Waals surface area contributed by atoms with Crippen molar-refractivity contribution in [3.05, 3.63) is 218 Å². The van der Waals surface area contributed by atoms with Crippen molar-refractivity contribution in [2.45, 2.75) is 0 Å². The topological polar surface area (TPSA) is 108 Å². The molecule has 65 heavy (non-hydrogen) atoms. The van der Waals surface area contributed by atoms with Gasteiger partial charge in [-0.25, -0.2) is 9.97 Å². The van der Waals surface area contributed by atoms with E-state index in [4.69, 9.17) is 29.9 Å². The van der Waals surface area contributed by atoms with Crippen LogP contribution in [0.5, 0.6) is 0 Å². The molecule has 0 aliphatic rings. The van der Waals surface area contributed by atoms with Crippen molar-refractivity contribution in [2.75, 3.05) is 4.67 Å². The summed E-state index contributed by atoms with van der Waals surface area (Å²) in [6, 6.07) is 71.4. The number of rotatable bonds is 9. The van der Waals surface area contributed by atoms with Crippen molar-refractivity contribution < 1.29 is 4.57 Å². The first-order valence-electron chi connectivity index (χ1n) is 21.3. The normalized spacial score (nSPS) is 11.8. The molecule has 308 valence electrons. The minimum Gasteiger partial charge on any atom is -0.283 e. The zero-order chi connectivity index (χ0) is 43.3. The Morgan fingerprint density at radius 1 is 0.323 bits per heavy atom. The standard InChI is InChI=1S/C54H36N9OP/c64-65(63(39-25-9-3-10-26-39)40-27-11-4-12-28-40,53-57-49(37-21-5-1-6-22-37)55-51(59-53)61-45-33-17-13-29-41(45)42-30-14-18-34-46(42)61)54-58-50(38-23-7-2-8-24-38)56-52(60-54)62-47-35-19-15-31-43(47)44-32-16-20-36-48(44)62/h1-36H. The van der Waals surface area contributed by atoms with Gasteiger partial charge in [-0.1, -0.05) is 170 Å². The molecule has 12 rings (SSSR count). The second kappa shape index (κ2) is 15.6. The molecular weight excluding hydrogens is 822 g/mol. The number of aromatic nitrogens is 8. The highest BCUT2D eigenvalue weighted by molar-refractivity contribution is 7.79. The first kappa shape index (κ1) is 38.1. The number of hydrogen-bond acceptors (Lipinski definition) is 7. The summed E-state index contributed by atoms with van der Waals surface area (Å²) < 4.78 is 23.6. The van der Waals surface area contributed by atoms with E-state index in [0.29, 0.717) is 34.9 Å². The van der Waals surface area contributed by atoms with E-state index in [9.17, 15) is 0 Å². The molecule has 0 unspecified atom stereocenters. The van der Waals surface area contributed by atoms with Gasteiger partial charge in [0.05, 0.1) is 22.1 Å². The van der Waals surface area contributed by atoms with Gasteiger partial charge >= 0.3 is 7.29 Å². The third-order valence-electron chi connectivity index (χ3n) is 11.7. The molecule has 0 radical (unpaired) electrons. The van der Waals surface area contributed by atoms with Crippen LogP contribution in [0.25, 0.3) is 78.3 Å². The molecule has 0 bridgehead atoms. The van der Waals surface area contributed by atoms with Crippen LogP contribution in [0.15, 0.2) is 218 Å². The third kappa shape index (κ3) is 6.38. The quantitative estimate of drug-likeness (QED) is 0.132. The van der Waals surface area contributed by atoms with E-state index in [-0.39, 0.29) is 11.1 Å². The minimum atomic E-state index is -4.49. The largest absolute Gasteiger partial charge is 0.306 e.